The number of aromatic nitrogens is 6. The third kappa shape index (κ3) is 3.17. The summed E-state index contributed by atoms with van der Waals surface area (Å²) < 4.78 is 5.75. The van der Waals surface area contributed by atoms with Gasteiger partial charge in [0.1, 0.15) is 0 Å². The molecule has 3 heterocycles. The Morgan fingerprint density at radius 1 is 0.926 bits per heavy atom. The van der Waals surface area contributed by atoms with Crippen LogP contribution in [-0.4, -0.2) is 29.3 Å². The zero-order chi connectivity index (χ0) is 19.1. The van der Waals surface area contributed by atoms with E-state index in [1.165, 1.54) is 0 Å². The lowest BCUT2D eigenvalue weighted by atomic mass is 10.1. The van der Waals surface area contributed by atoms with Gasteiger partial charge in [-0.2, -0.15) is 15.3 Å². The predicted octanol–water partition coefficient (Wildman–Crippen LogP) is 4.00. The van der Waals surface area contributed by atoms with Crippen molar-refractivity contribution in [3.63, 3.8) is 0 Å². The van der Waals surface area contributed by atoms with Gasteiger partial charge in [0.25, 0.3) is 0 Å². The highest BCUT2D eigenvalue weighted by molar-refractivity contribution is 6.30. The molecule has 0 atom stereocenters. The molecule has 4 aromatic rings. The summed E-state index contributed by atoms with van der Waals surface area (Å²) in [6, 6.07) is 9.98. The monoisotopic (exact) mass is 380 g/mol. The number of hydrogen-bond donors (Lipinski definition) is 0. The Labute approximate surface area is 163 Å². The lowest BCUT2D eigenvalue weighted by molar-refractivity contribution is 0.695. The summed E-state index contributed by atoms with van der Waals surface area (Å²) in [6.45, 7) is 4.74. The fraction of sp³-hybridized carbons (Fsp3) is 0.250. The van der Waals surface area contributed by atoms with Crippen LogP contribution in [0.2, 0.25) is 5.02 Å². The molecule has 6 nitrogen and oxygen atoms in total. The van der Waals surface area contributed by atoms with E-state index in [0.717, 1.165) is 44.5 Å². The van der Waals surface area contributed by atoms with Crippen molar-refractivity contribution >= 4 is 11.6 Å². The average molecular weight is 381 g/mol. The molecular weight excluding hydrogens is 360 g/mol. The van der Waals surface area contributed by atoms with Gasteiger partial charge in [0, 0.05) is 41.6 Å². The lowest BCUT2D eigenvalue weighted by Gasteiger charge is -2.08. The smallest absolute Gasteiger partial charge is 0.0964 e. The van der Waals surface area contributed by atoms with Gasteiger partial charge in [-0.15, -0.1) is 0 Å². The molecule has 3 aromatic heterocycles. The highest BCUT2D eigenvalue weighted by Gasteiger charge is 2.18. The first-order valence-electron chi connectivity index (χ1n) is 8.74. The Kier molecular flexibility index (Phi) is 4.36. The van der Waals surface area contributed by atoms with Crippen LogP contribution in [0, 0.1) is 13.8 Å². The maximum Gasteiger partial charge on any atom is 0.0964 e. The van der Waals surface area contributed by atoms with Crippen molar-refractivity contribution < 1.29 is 0 Å². The van der Waals surface area contributed by atoms with Crippen molar-refractivity contribution in [1.82, 2.24) is 29.3 Å². The van der Waals surface area contributed by atoms with E-state index in [1.54, 1.807) is 0 Å². The lowest BCUT2D eigenvalue weighted by Crippen LogP contribution is -2.04. The van der Waals surface area contributed by atoms with Crippen LogP contribution >= 0.6 is 11.6 Å². The number of hydrogen-bond acceptors (Lipinski definition) is 3. The van der Waals surface area contributed by atoms with E-state index in [0.29, 0.717) is 6.54 Å². The molecule has 7 heteroatoms. The van der Waals surface area contributed by atoms with Gasteiger partial charge in [-0.25, -0.2) is 0 Å². The maximum absolute atomic E-state index is 6.17. The van der Waals surface area contributed by atoms with E-state index >= 15 is 0 Å². The number of benzene rings is 1. The van der Waals surface area contributed by atoms with E-state index in [2.05, 4.69) is 29.3 Å². The molecule has 0 bridgehead atoms. The van der Waals surface area contributed by atoms with E-state index in [4.69, 9.17) is 16.7 Å². The van der Waals surface area contributed by atoms with Crippen LogP contribution in [0.1, 0.15) is 17.0 Å². The Morgan fingerprint density at radius 2 is 1.59 bits per heavy atom. The molecule has 0 aliphatic heterocycles. The van der Waals surface area contributed by atoms with Gasteiger partial charge in [-0.05, 0) is 37.6 Å². The van der Waals surface area contributed by atoms with Crippen LogP contribution in [0.4, 0.5) is 0 Å². The van der Waals surface area contributed by atoms with Crippen LogP contribution in [0.15, 0.2) is 42.7 Å². The molecule has 0 N–H and O–H groups in total. The molecule has 0 amide bonds. The van der Waals surface area contributed by atoms with Crippen LogP contribution in [-0.2, 0) is 20.6 Å². The fourth-order valence-electron chi connectivity index (χ4n) is 3.19. The zero-order valence-corrected chi connectivity index (χ0v) is 16.6. The molecule has 0 aliphatic rings. The first-order valence-corrected chi connectivity index (χ1v) is 9.12. The molecule has 0 saturated carbocycles. The Bertz CT molecular complexity index is 1120. The van der Waals surface area contributed by atoms with Crippen molar-refractivity contribution in [1.29, 1.82) is 0 Å². The van der Waals surface area contributed by atoms with E-state index in [-0.39, 0.29) is 0 Å². The molecule has 27 heavy (non-hydrogen) atoms. The molecule has 0 fully saturated rings. The predicted molar refractivity (Wildman–Crippen MR) is 107 cm³/mol. The van der Waals surface area contributed by atoms with Gasteiger partial charge in [-0.1, -0.05) is 23.7 Å². The van der Waals surface area contributed by atoms with Crippen molar-refractivity contribution in [3.05, 3.63) is 64.7 Å². The number of rotatable bonds is 4. The molecule has 138 valence electrons. The van der Waals surface area contributed by atoms with Gasteiger partial charge < -0.3 is 0 Å². The van der Waals surface area contributed by atoms with Crippen molar-refractivity contribution in [2.24, 2.45) is 14.1 Å². The largest absolute Gasteiger partial charge is 0.272 e. The third-order valence-electron chi connectivity index (χ3n) is 5.02. The van der Waals surface area contributed by atoms with Crippen LogP contribution in [0.5, 0.6) is 0 Å². The number of aryl methyl sites for hydroxylation is 2. The molecule has 4 rings (SSSR count). The summed E-state index contributed by atoms with van der Waals surface area (Å²) in [5.74, 6) is 0. The summed E-state index contributed by atoms with van der Waals surface area (Å²) in [4.78, 5) is 0. The Hall–Kier alpha value is -2.86. The summed E-state index contributed by atoms with van der Waals surface area (Å²) in [7, 11) is 3.89. The summed E-state index contributed by atoms with van der Waals surface area (Å²) in [5.41, 5.74) is 7.31. The molecule has 0 spiro atoms. The fourth-order valence-corrected chi connectivity index (χ4v) is 3.41. The van der Waals surface area contributed by atoms with Crippen molar-refractivity contribution in [2.45, 2.75) is 20.4 Å². The standard InChI is InChI=1S/C20H21ClN6/c1-13-17(10-22-25(13)3)19-9-20(18-11-23-26(4)14(18)2)27(24-19)12-15-6-5-7-16(21)8-15/h5-11H,12H2,1-4H3. The van der Waals surface area contributed by atoms with E-state index in [1.807, 2.05) is 65.7 Å². The number of nitrogens with zero attached hydrogens (tertiary/aromatic N) is 6. The van der Waals surface area contributed by atoms with Crippen LogP contribution in [0.25, 0.3) is 22.5 Å². The van der Waals surface area contributed by atoms with Gasteiger partial charge in [0.05, 0.1) is 30.3 Å². The molecule has 1 aromatic carbocycles. The minimum absolute atomic E-state index is 0.629. The summed E-state index contributed by atoms with van der Waals surface area (Å²) in [5, 5.41) is 14.4. The third-order valence-corrected chi connectivity index (χ3v) is 5.26. The van der Waals surface area contributed by atoms with E-state index < -0.39 is 0 Å². The first kappa shape index (κ1) is 17.5. The molecule has 0 aliphatic carbocycles. The Balaban J connectivity index is 1.85. The van der Waals surface area contributed by atoms with Crippen LogP contribution < -0.4 is 0 Å². The quantitative estimate of drug-likeness (QED) is 0.537. The summed E-state index contributed by atoms with van der Waals surface area (Å²) in [6.07, 6.45) is 3.75. The van der Waals surface area contributed by atoms with Crippen LogP contribution in [0.3, 0.4) is 0 Å². The summed E-state index contributed by atoms with van der Waals surface area (Å²) >= 11 is 6.17. The second-order valence-electron chi connectivity index (χ2n) is 6.74. The molecular formula is C20H21ClN6. The minimum Gasteiger partial charge on any atom is -0.272 e. The van der Waals surface area contributed by atoms with Gasteiger partial charge in [0.15, 0.2) is 0 Å². The second kappa shape index (κ2) is 6.70. The SMILES string of the molecule is Cc1c(-c2cc(-c3cnn(C)c3C)n(Cc3cccc(Cl)c3)n2)cnn1C. The highest BCUT2D eigenvalue weighted by atomic mass is 35.5. The van der Waals surface area contributed by atoms with Gasteiger partial charge in [0.2, 0.25) is 0 Å². The van der Waals surface area contributed by atoms with Crippen molar-refractivity contribution in [3.8, 4) is 22.5 Å². The van der Waals surface area contributed by atoms with Crippen molar-refractivity contribution in [2.75, 3.05) is 0 Å². The normalized spacial score (nSPS) is 11.3. The average Bonchev–Trinajstić information content (AvgIpc) is 3.28. The van der Waals surface area contributed by atoms with E-state index in [9.17, 15) is 0 Å². The molecule has 0 unspecified atom stereocenters. The topological polar surface area (TPSA) is 53.5 Å². The zero-order valence-electron chi connectivity index (χ0n) is 15.8. The maximum atomic E-state index is 6.17. The molecule has 0 saturated heterocycles. The first-order chi connectivity index (χ1) is 12.9. The van der Waals surface area contributed by atoms with Gasteiger partial charge >= 0.3 is 0 Å². The highest BCUT2D eigenvalue weighted by Crippen LogP contribution is 2.30. The number of halogens is 1. The Morgan fingerprint density at radius 3 is 2.19 bits per heavy atom. The minimum atomic E-state index is 0.629. The van der Waals surface area contributed by atoms with Gasteiger partial charge in [-0.3, -0.25) is 14.0 Å². The molecule has 0 radical (unpaired) electrons. The second-order valence-corrected chi connectivity index (χ2v) is 7.17.